The van der Waals surface area contributed by atoms with Crippen LogP contribution in [0.15, 0.2) is 89.5 Å². The van der Waals surface area contributed by atoms with E-state index in [9.17, 15) is 5.11 Å². The van der Waals surface area contributed by atoms with E-state index >= 15 is 0 Å². The van der Waals surface area contributed by atoms with Gasteiger partial charge in [0, 0.05) is 18.8 Å². The second-order valence-corrected chi connectivity index (χ2v) is 10.4. The molecule has 3 fully saturated rings. The molecule has 2 bridgehead atoms. The van der Waals surface area contributed by atoms with Gasteiger partial charge in [-0.2, -0.15) is 4.98 Å². The Balaban J connectivity index is 1.26. The van der Waals surface area contributed by atoms with E-state index in [1.807, 2.05) is 66.7 Å². The number of benzene rings is 3. The van der Waals surface area contributed by atoms with Crippen molar-refractivity contribution >= 4 is 0 Å². The normalized spacial score (nSPS) is 23.5. The molecule has 0 aliphatic carbocycles. The molecule has 6 heteroatoms. The highest BCUT2D eigenvalue weighted by atomic mass is 16.5. The molecule has 1 atom stereocenters. The van der Waals surface area contributed by atoms with E-state index in [1.165, 1.54) is 5.56 Å². The molecule has 1 N–H and O–H groups in total. The lowest BCUT2D eigenvalue weighted by Gasteiger charge is -2.51. The minimum atomic E-state index is -1.49. The van der Waals surface area contributed by atoms with Crippen LogP contribution in [0.25, 0.3) is 0 Å². The molecule has 4 heterocycles. The van der Waals surface area contributed by atoms with E-state index in [1.54, 1.807) is 0 Å². The summed E-state index contributed by atoms with van der Waals surface area (Å²) in [5.74, 6) is 2.37. The molecule has 3 aliphatic rings. The van der Waals surface area contributed by atoms with Gasteiger partial charge in [-0.1, -0.05) is 78.0 Å². The first kappa shape index (κ1) is 23.0. The van der Waals surface area contributed by atoms with Crippen molar-refractivity contribution in [3.05, 3.63) is 113 Å². The van der Waals surface area contributed by atoms with Gasteiger partial charge in [-0.3, -0.25) is 0 Å². The lowest BCUT2D eigenvalue weighted by Crippen LogP contribution is -2.64. The average molecular weight is 483 g/mol. The Bertz CT molecular complexity index is 1270. The maximum atomic E-state index is 12.0. The number of aliphatic hydroxyl groups is 1. The minimum absolute atomic E-state index is 0.183. The van der Waals surface area contributed by atoms with Crippen LogP contribution in [0.2, 0.25) is 0 Å². The molecule has 6 nitrogen and oxygen atoms in total. The molecule has 4 aromatic rings. The van der Waals surface area contributed by atoms with Crippen molar-refractivity contribution in [2.24, 2.45) is 5.92 Å². The number of aromatic nitrogens is 2. The molecule has 3 aliphatic heterocycles. The third-order valence-corrected chi connectivity index (χ3v) is 7.96. The number of piperidine rings is 3. The summed E-state index contributed by atoms with van der Waals surface area (Å²) < 4.78 is 13.2. The lowest BCUT2D eigenvalue weighted by atomic mass is 9.83. The summed E-state index contributed by atoms with van der Waals surface area (Å²) in [5, 5.41) is 16.3. The van der Waals surface area contributed by atoms with E-state index < -0.39 is 5.60 Å². The third kappa shape index (κ3) is 4.21. The van der Waals surface area contributed by atoms with Crippen LogP contribution < -0.4 is 4.74 Å². The predicted octanol–water partition coefficient (Wildman–Crippen LogP) is 4.85. The second kappa shape index (κ2) is 9.19. The van der Waals surface area contributed by atoms with Crippen LogP contribution in [-0.4, -0.2) is 45.5 Å². The molecule has 36 heavy (non-hydrogen) atoms. The van der Waals surface area contributed by atoms with E-state index in [-0.39, 0.29) is 11.9 Å². The summed E-state index contributed by atoms with van der Waals surface area (Å²) in [6, 6.07) is 27.4. The quantitative estimate of drug-likeness (QED) is 0.382. The van der Waals surface area contributed by atoms with Gasteiger partial charge in [-0.25, -0.2) is 0 Å². The monoisotopic (exact) mass is 482 g/mol. The topological polar surface area (TPSA) is 68.4 Å². The first-order chi connectivity index (χ1) is 17.5. The smallest absolute Gasteiger partial charge is 0.282 e. The van der Waals surface area contributed by atoms with Gasteiger partial charge in [0.1, 0.15) is 12.3 Å². The number of rotatable bonds is 7. The fourth-order valence-electron chi connectivity index (χ4n) is 5.98. The second-order valence-electron chi connectivity index (χ2n) is 10.4. The highest BCUT2D eigenvalue weighted by molar-refractivity contribution is 5.42. The lowest BCUT2D eigenvalue weighted by molar-refractivity contribution is -0.959. The Morgan fingerprint density at radius 1 is 0.944 bits per heavy atom. The van der Waals surface area contributed by atoms with Crippen molar-refractivity contribution < 1.29 is 18.8 Å². The largest absolute Gasteiger partial charge is 0.484 e. The molecule has 0 unspecified atom stereocenters. The number of aryl methyl sites for hydroxylation is 1. The van der Waals surface area contributed by atoms with Gasteiger partial charge in [0.2, 0.25) is 5.82 Å². The van der Waals surface area contributed by atoms with Crippen molar-refractivity contribution in [2.45, 2.75) is 38.0 Å². The summed E-state index contributed by atoms with van der Waals surface area (Å²) in [4.78, 5) is 4.78. The maximum absolute atomic E-state index is 12.0. The molecular weight excluding hydrogens is 450 g/mol. The summed E-state index contributed by atoms with van der Waals surface area (Å²) in [6.07, 6.45) is 2.45. The molecule has 184 valence electrons. The van der Waals surface area contributed by atoms with Gasteiger partial charge in [0.05, 0.1) is 13.1 Å². The van der Waals surface area contributed by atoms with Crippen LogP contribution >= 0.6 is 0 Å². The van der Waals surface area contributed by atoms with Crippen LogP contribution in [-0.2, 0) is 12.1 Å². The third-order valence-electron chi connectivity index (χ3n) is 7.96. The Hall–Kier alpha value is -3.48. The fraction of sp³-hybridized carbons (Fsp3) is 0.333. The van der Waals surface area contributed by atoms with Crippen LogP contribution in [0.1, 0.15) is 41.2 Å². The van der Waals surface area contributed by atoms with Gasteiger partial charge in [0.25, 0.3) is 5.89 Å². The molecular formula is C30H32N3O3+. The van der Waals surface area contributed by atoms with Crippen LogP contribution in [0.4, 0.5) is 0 Å². The average Bonchev–Trinajstić information content (AvgIpc) is 3.38. The molecule has 1 aromatic heterocycles. The highest BCUT2D eigenvalue weighted by Gasteiger charge is 2.48. The summed E-state index contributed by atoms with van der Waals surface area (Å²) in [6.45, 7) is 5.83. The Morgan fingerprint density at radius 2 is 1.61 bits per heavy atom. The number of fused-ring (bicyclic) bond motifs is 3. The minimum Gasteiger partial charge on any atom is -0.484 e. The number of hydrogen-bond donors (Lipinski definition) is 1. The Labute approximate surface area is 211 Å². The first-order valence-electron chi connectivity index (χ1n) is 12.8. The van der Waals surface area contributed by atoms with Gasteiger partial charge in [0.15, 0.2) is 18.2 Å². The number of nitrogens with zero attached hydrogens (tertiary/aromatic N) is 3. The summed E-state index contributed by atoms with van der Waals surface area (Å²) in [5.41, 5.74) is 1.14. The number of ether oxygens (including phenoxy) is 1. The van der Waals surface area contributed by atoms with Crippen LogP contribution in [0.5, 0.6) is 5.75 Å². The van der Waals surface area contributed by atoms with Crippen molar-refractivity contribution in [3.8, 4) is 5.75 Å². The molecule has 0 amide bonds. The van der Waals surface area contributed by atoms with Crippen molar-refractivity contribution in [3.63, 3.8) is 0 Å². The van der Waals surface area contributed by atoms with Gasteiger partial charge >= 0.3 is 0 Å². The standard InChI is InChI=1S/C30H32N3O3/c1-22-9-8-14-26(19-22)35-27-20-33(17-15-23(27)16-18-33)21-28-31-29(32-36-28)30(34,24-10-4-2-5-11-24)25-12-6-3-7-13-25/h2-14,19,23,27,34H,15-18,20-21H2,1H3/q+1/t23?,27-,33?/m0/s1. The number of hydrogen-bond acceptors (Lipinski definition) is 5. The Kier molecular flexibility index (Phi) is 5.86. The van der Waals surface area contributed by atoms with Gasteiger partial charge in [-0.15, -0.1) is 0 Å². The van der Waals surface area contributed by atoms with Gasteiger partial charge < -0.3 is 18.8 Å². The predicted molar refractivity (Wildman–Crippen MR) is 136 cm³/mol. The molecule has 0 saturated carbocycles. The molecule has 0 spiro atoms. The van der Waals surface area contributed by atoms with E-state index in [0.717, 1.165) is 42.7 Å². The number of quaternary nitrogens is 1. The van der Waals surface area contributed by atoms with Crippen LogP contribution in [0, 0.1) is 12.8 Å². The van der Waals surface area contributed by atoms with E-state index in [4.69, 9.17) is 14.2 Å². The van der Waals surface area contributed by atoms with Crippen molar-refractivity contribution in [1.82, 2.24) is 10.1 Å². The first-order valence-corrected chi connectivity index (χ1v) is 12.8. The zero-order valence-corrected chi connectivity index (χ0v) is 20.6. The molecule has 3 aromatic carbocycles. The van der Waals surface area contributed by atoms with E-state index in [2.05, 4.69) is 30.3 Å². The Morgan fingerprint density at radius 3 is 2.25 bits per heavy atom. The summed E-state index contributed by atoms with van der Waals surface area (Å²) in [7, 11) is 0. The zero-order valence-electron chi connectivity index (χ0n) is 20.6. The van der Waals surface area contributed by atoms with E-state index in [0.29, 0.717) is 29.5 Å². The maximum Gasteiger partial charge on any atom is 0.282 e. The van der Waals surface area contributed by atoms with Gasteiger partial charge in [-0.05, 0) is 35.7 Å². The fourth-order valence-corrected chi connectivity index (χ4v) is 5.98. The molecule has 3 saturated heterocycles. The zero-order chi connectivity index (χ0) is 24.6. The molecule has 0 radical (unpaired) electrons. The van der Waals surface area contributed by atoms with Crippen molar-refractivity contribution in [1.29, 1.82) is 0 Å². The van der Waals surface area contributed by atoms with Crippen LogP contribution in [0.3, 0.4) is 0 Å². The highest BCUT2D eigenvalue weighted by Crippen LogP contribution is 2.39. The molecule has 7 rings (SSSR count). The summed E-state index contributed by atoms with van der Waals surface area (Å²) >= 11 is 0. The SMILES string of the molecule is Cc1cccc(O[C@H]2C[N+]3(Cc4nc(C(O)(c5ccccc5)c5ccccc5)no4)CCC2CC3)c1. The van der Waals surface area contributed by atoms with Crippen molar-refractivity contribution in [2.75, 3.05) is 19.6 Å².